The van der Waals surface area contributed by atoms with Crippen molar-refractivity contribution in [2.75, 3.05) is 18.0 Å². The summed E-state index contributed by atoms with van der Waals surface area (Å²) in [7, 11) is 0. The zero-order valence-corrected chi connectivity index (χ0v) is 14.9. The van der Waals surface area contributed by atoms with E-state index >= 15 is 0 Å². The maximum atomic E-state index is 11.9. The van der Waals surface area contributed by atoms with Gasteiger partial charge >= 0.3 is 6.09 Å². The third-order valence-electron chi connectivity index (χ3n) is 3.93. The third kappa shape index (κ3) is 3.90. The Kier molecular flexibility index (Phi) is 4.54. The molecule has 1 aliphatic rings. The highest BCUT2D eigenvalue weighted by molar-refractivity contribution is 6.31. The highest BCUT2D eigenvalue weighted by Crippen LogP contribution is 2.29. The van der Waals surface area contributed by atoms with Crippen LogP contribution in [0.4, 0.5) is 10.5 Å². The van der Waals surface area contributed by atoms with Gasteiger partial charge in [-0.05, 0) is 51.5 Å². The zero-order chi connectivity index (χ0) is 17.3. The van der Waals surface area contributed by atoms with Crippen molar-refractivity contribution in [3.63, 3.8) is 0 Å². The fourth-order valence-corrected chi connectivity index (χ4v) is 3.12. The van der Waals surface area contributed by atoms with E-state index in [1.807, 2.05) is 45.0 Å². The maximum absolute atomic E-state index is 11.9. The number of amides is 1. The number of hydrogen-bond acceptors (Lipinski definition) is 4. The van der Waals surface area contributed by atoms with E-state index in [-0.39, 0.29) is 12.1 Å². The summed E-state index contributed by atoms with van der Waals surface area (Å²) in [6, 6.07) is 7.82. The van der Waals surface area contributed by atoms with Crippen LogP contribution in [-0.4, -0.2) is 35.8 Å². The van der Waals surface area contributed by atoms with E-state index in [4.69, 9.17) is 16.3 Å². The van der Waals surface area contributed by atoms with Crippen LogP contribution >= 0.6 is 11.6 Å². The minimum atomic E-state index is -0.483. The van der Waals surface area contributed by atoms with Crippen molar-refractivity contribution in [1.29, 1.82) is 0 Å². The highest BCUT2D eigenvalue weighted by atomic mass is 35.5. The van der Waals surface area contributed by atoms with E-state index in [1.54, 1.807) is 6.20 Å². The molecule has 6 heteroatoms. The van der Waals surface area contributed by atoms with E-state index < -0.39 is 5.60 Å². The van der Waals surface area contributed by atoms with Crippen molar-refractivity contribution in [2.45, 2.75) is 38.8 Å². The summed E-state index contributed by atoms with van der Waals surface area (Å²) < 4.78 is 5.33. The number of benzene rings is 1. The molecule has 0 unspecified atom stereocenters. The van der Waals surface area contributed by atoms with Crippen LogP contribution in [-0.2, 0) is 4.74 Å². The van der Waals surface area contributed by atoms with Crippen LogP contribution in [0.1, 0.15) is 27.2 Å². The summed E-state index contributed by atoms with van der Waals surface area (Å²) in [6.07, 6.45) is 2.32. The van der Waals surface area contributed by atoms with Gasteiger partial charge in [-0.1, -0.05) is 11.6 Å². The number of anilines is 1. The Morgan fingerprint density at radius 2 is 2.17 bits per heavy atom. The Morgan fingerprint density at radius 3 is 2.92 bits per heavy atom. The number of nitrogens with zero attached hydrogens (tertiary/aromatic N) is 2. The number of carbonyl (C=O) groups excluding carboxylic acids is 1. The van der Waals surface area contributed by atoms with Crippen LogP contribution in [0.25, 0.3) is 10.9 Å². The molecule has 0 bridgehead atoms. The van der Waals surface area contributed by atoms with Crippen molar-refractivity contribution >= 4 is 34.3 Å². The van der Waals surface area contributed by atoms with Gasteiger partial charge < -0.3 is 15.0 Å². The molecule has 2 heterocycles. The molecule has 3 rings (SSSR count). The molecule has 2 aromatic rings. The minimum Gasteiger partial charge on any atom is -0.444 e. The molecule has 0 spiro atoms. The first-order chi connectivity index (χ1) is 11.3. The number of hydrogen-bond donors (Lipinski definition) is 1. The van der Waals surface area contributed by atoms with Crippen LogP contribution in [0.15, 0.2) is 30.5 Å². The Labute approximate surface area is 146 Å². The quantitative estimate of drug-likeness (QED) is 0.892. The number of nitrogens with one attached hydrogen (secondary N) is 1. The molecule has 24 heavy (non-hydrogen) atoms. The molecule has 1 amide bonds. The first-order valence-corrected chi connectivity index (χ1v) is 8.48. The van der Waals surface area contributed by atoms with Crippen LogP contribution < -0.4 is 10.2 Å². The van der Waals surface area contributed by atoms with Gasteiger partial charge in [0, 0.05) is 35.4 Å². The van der Waals surface area contributed by atoms with Crippen LogP contribution in [0, 0.1) is 0 Å². The summed E-state index contributed by atoms with van der Waals surface area (Å²) in [6.45, 7) is 7.22. The predicted octanol–water partition coefficient (Wildman–Crippen LogP) is 3.99. The van der Waals surface area contributed by atoms with Crippen molar-refractivity contribution in [3.05, 3.63) is 35.5 Å². The fraction of sp³-hybridized carbons (Fsp3) is 0.444. The third-order valence-corrected chi connectivity index (χ3v) is 4.17. The molecular weight excluding hydrogens is 326 g/mol. The van der Waals surface area contributed by atoms with Crippen molar-refractivity contribution in [1.82, 2.24) is 10.3 Å². The molecule has 1 fully saturated rings. The van der Waals surface area contributed by atoms with Gasteiger partial charge in [0.05, 0.1) is 11.6 Å². The average Bonchev–Trinajstić information content (AvgIpc) is 2.92. The molecule has 0 radical (unpaired) electrons. The van der Waals surface area contributed by atoms with Gasteiger partial charge in [0.25, 0.3) is 0 Å². The van der Waals surface area contributed by atoms with Gasteiger partial charge in [0.15, 0.2) is 0 Å². The van der Waals surface area contributed by atoms with E-state index in [2.05, 4.69) is 15.2 Å². The molecule has 1 N–H and O–H groups in total. The summed E-state index contributed by atoms with van der Waals surface area (Å²) in [5.41, 5.74) is 1.51. The average molecular weight is 348 g/mol. The Morgan fingerprint density at radius 1 is 1.38 bits per heavy atom. The first-order valence-electron chi connectivity index (χ1n) is 8.10. The van der Waals surface area contributed by atoms with Crippen molar-refractivity contribution in [2.24, 2.45) is 0 Å². The Balaban J connectivity index is 1.71. The molecule has 0 saturated carbocycles. The molecule has 1 atom stereocenters. The SMILES string of the molecule is CC(C)(C)OC(=O)N[C@H]1CCN(c2ccnc3cc(Cl)ccc23)C1. The lowest BCUT2D eigenvalue weighted by Crippen LogP contribution is -2.40. The smallest absolute Gasteiger partial charge is 0.407 e. The number of pyridine rings is 1. The number of rotatable bonds is 2. The van der Waals surface area contributed by atoms with Gasteiger partial charge in [-0.15, -0.1) is 0 Å². The summed E-state index contributed by atoms with van der Waals surface area (Å²) in [5.74, 6) is 0. The van der Waals surface area contributed by atoms with E-state index in [9.17, 15) is 4.79 Å². The molecule has 1 saturated heterocycles. The lowest BCUT2D eigenvalue weighted by Gasteiger charge is -2.23. The number of alkyl carbamates (subject to hydrolysis) is 1. The monoisotopic (exact) mass is 347 g/mol. The van der Waals surface area contributed by atoms with E-state index in [0.29, 0.717) is 5.02 Å². The van der Waals surface area contributed by atoms with Crippen molar-refractivity contribution < 1.29 is 9.53 Å². The van der Waals surface area contributed by atoms with Crippen LogP contribution in [0.3, 0.4) is 0 Å². The zero-order valence-electron chi connectivity index (χ0n) is 14.2. The fourth-order valence-electron chi connectivity index (χ4n) is 2.95. The van der Waals surface area contributed by atoms with Gasteiger partial charge in [-0.25, -0.2) is 4.79 Å². The van der Waals surface area contributed by atoms with Gasteiger partial charge in [0.1, 0.15) is 5.60 Å². The minimum absolute atomic E-state index is 0.0790. The van der Waals surface area contributed by atoms with E-state index in [0.717, 1.165) is 36.1 Å². The number of halogens is 1. The number of ether oxygens (including phenoxy) is 1. The second-order valence-corrected chi connectivity index (χ2v) is 7.51. The molecule has 1 aliphatic heterocycles. The van der Waals surface area contributed by atoms with Crippen LogP contribution in [0.5, 0.6) is 0 Å². The Bertz CT molecular complexity index is 758. The maximum Gasteiger partial charge on any atom is 0.407 e. The normalized spacial score (nSPS) is 18.0. The Hall–Kier alpha value is -2.01. The molecule has 1 aromatic heterocycles. The molecular formula is C18H22ClN3O2. The van der Waals surface area contributed by atoms with E-state index in [1.165, 1.54) is 0 Å². The van der Waals surface area contributed by atoms with Gasteiger partial charge in [0.2, 0.25) is 0 Å². The van der Waals surface area contributed by atoms with Gasteiger partial charge in [-0.2, -0.15) is 0 Å². The standard InChI is InChI=1S/C18H22ClN3O2/c1-18(2,3)24-17(23)21-13-7-9-22(11-13)16-6-8-20-15-10-12(19)4-5-14(15)16/h4-6,8,10,13H,7,9,11H2,1-3H3,(H,21,23)/t13-/m0/s1. The highest BCUT2D eigenvalue weighted by Gasteiger charge is 2.27. The second-order valence-electron chi connectivity index (χ2n) is 7.07. The predicted molar refractivity (Wildman–Crippen MR) is 96.7 cm³/mol. The number of fused-ring (bicyclic) bond motifs is 1. The largest absolute Gasteiger partial charge is 0.444 e. The lowest BCUT2D eigenvalue weighted by molar-refractivity contribution is 0.0509. The topological polar surface area (TPSA) is 54.5 Å². The number of aromatic nitrogens is 1. The lowest BCUT2D eigenvalue weighted by atomic mass is 10.2. The summed E-state index contributed by atoms with van der Waals surface area (Å²) in [5, 5.41) is 4.70. The van der Waals surface area contributed by atoms with Gasteiger partial charge in [-0.3, -0.25) is 4.98 Å². The first kappa shape index (κ1) is 16.8. The molecule has 128 valence electrons. The second kappa shape index (κ2) is 6.48. The number of carbonyl (C=O) groups is 1. The van der Waals surface area contributed by atoms with Crippen LogP contribution in [0.2, 0.25) is 5.02 Å². The molecule has 0 aliphatic carbocycles. The van der Waals surface area contributed by atoms with Crippen molar-refractivity contribution in [3.8, 4) is 0 Å². The summed E-state index contributed by atoms with van der Waals surface area (Å²) in [4.78, 5) is 18.6. The molecule has 1 aromatic carbocycles. The molecule has 5 nitrogen and oxygen atoms in total. The summed E-state index contributed by atoms with van der Waals surface area (Å²) >= 11 is 6.05.